The third kappa shape index (κ3) is 3.60. The van der Waals surface area contributed by atoms with E-state index in [-0.39, 0.29) is 22.7 Å². The summed E-state index contributed by atoms with van der Waals surface area (Å²) in [5, 5.41) is 11.4. The van der Waals surface area contributed by atoms with Gasteiger partial charge in [0.15, 0.2) is 0 Å². The fourth-order valence-corrected chi connectivity index (χ4v) is 3.71. The highest BCUT2D eigenvalue weighted by molar-refractivity contribution is 6.46. The number of rotatable bonds is 4. The molecule has 152 valence electrons. The highest BCUT2D eigenvalue weighted by Gasteiger charge is 2.46. The molecule has 0 spiro atoms. The van der Waals surface area contributed by atoms with Crippen LogP contribution in [-0.4, -0.2) is 21.7 Å². The lowest BCUT2D eigenvalue weighted by atomic mass is 9.95. The summed E-state index contributed by atoms with van der Waals surface area (Å²) in [5.41, 5.74) is 0.563. The zero-order chi connectivity index (χ0) is 21.4. The van der Waals surface area contributed by atoms with Crippen molar-refractivity contribution in [2.45, 2.75) is 12.6 Å². The second-order valence-corrected chi connectivity index (χ2v) is 7.50. The van der Waals surface area contributed by atoms with Gasteiger partial charge in [-0.3, -0.25) is 9.59 Å². The Morgan fingerprint density at radius 1 is 1.07 bits per heavy atom. The Balaban J connectivity index is 1.88. The predicted octanol–water partition coefficient (Wildman–Crippen LogP) is 5.35. The lowest BCUT2D eigenvalue weighted by Gasteiger charge is -2.24. The van der Waals surface area contributed by atoms with E-state index in [4.69, 9.17) is 27.6 Å². The first-order valence-corrected chi connectivity index (χ1v) is 9.64. The summed E-state index contributed by atoms with van der Waals surface area (Å²) in [6, 6.07) is 12.1. The summed E-state index contributed by atoms with van der Waals surface area (Å²) < 4.78 is 18.6. The van der Waals surface area contributed by atoms with Crippen LogP contribution in [0.1, 0.15) is 22.9 Å². The van der Waals surface area contributed by atoms with Crippen LogP contribution in [0.2, 0.25) is 10.0 Å². The van der Waals surface area contributed by atoms with Crippen molar-refractivity contribution < 1.29 is 23.5 Å². The number of carbonyl (C=O) groups excluding carboxylic acids is 2. The molecular formula is C22H14Cl2FNO4. The minimum atomic E-state index is -0.935. The van der Waals surface area contributed by atoms with E-state index >= 15 is 0 Å². The van der Waals surface area contributed by atoms with Gasteiger partial charge in [-0.1, -0.05) is 29.3 Å². The van der Waals surface area contributed by atoms with Gasteiger partial charge in [-0.2, -0.15) is 0 Å². The Morgan fingerprint density at radius 3 is 2.43 bits per heavy atom. The summed E-state index contributed by atoms with van der Waals surface area (Å²) in [5.74, 6) is -2.11. The fraction of sp³-hybridized carbons (Fsp3) is 0.0909. The maximum absolute atomic E-state index is 13.3. The number of aliphatic hydroxyl groups is 1. The van der Waals surface area contributed by atoms with Gasteiger partial charge in [0.05, 0.1) is 34.5 Å². The van der Waals surface area contributed by atoms with Gasteiger partial charge in [0, 0.05) is 5.56 Å². The highest BCUT2D eigenvalue weighted by Crippen LogP contribution is 2.41. The second kappa shape index (κ2) is 7.97. The first-order valence-electron chi connectivity index (χ1n) is 8.88. The maximum atomic E-state index is 13.3. The largest absolute Gasteiger partial charge is 0.507 e. The van der Waals surface area contributed by atoms with E-state index in [1.165, 1.54) is 29.4 Å². The molecule has 1 N–H and O–H groups in total. The molecular weight excluding hydrogens is 432 g/mol. The van der Waals surface area contributed by atoms with E-state index in [0.717, 1.165) is 12.1 Å². The molecule has 1 unspecified atom stereocenters. The van der Waals surface area contributed by atoms with Crippen LogP contribution in [0, 0.1) is 5.82 Å². The number of benzene rings is 2. The molecule has 0 radical (unpaired) electrons. The van der Waals surface area contributed by atoms with Crippen LogP contribution >= 0.6 is 23.2 Å². The number of nitrogens with zero attached hydrogens (tertiary/aromatic N) is 1. The number of aliphatic hydroxyl groups excluding tert-OH is 1. The average molecular weight is 446 g/mol. The standard InChI is InChI=1S/C22H14Cl2FNO4/c23-16-8-5-13(10-17(16)24)19-18(20(27)12-3-6-14(25)7-4-12)21(28)22(29)26(19)11-15-2-1-9-30-15/h1-10,19,27H,11H2/b20-18+. The molecule has 0 bridgehead atoms. The van der Waals surface area contributed by atoms with Crippen LogP contribution in [0.25, 0.3) is 5.76 Å². The molecule has 4 rings (SSSR count). The number of hydrogen-bond donors (Lipinski definition) is 1. The number of furan rings is 1. The van der Waals surface area contributed by atoms with Gasteiger partial charge in [-0.25, -0.2) is 4.39 Å². The molecule has 1 aliphatic rings. The average Bonchev–Trinajstić information content (AvgIpc) is 3.33. The minimum absolute atomic E-state index is 0.00266. The lowest BCUT2D eigenvalue weighted by molar-refractivity contribution is -0.140. The first kappa shape index (κ1) is 20.2. The normalized spacial score (nSPS) is 18.2. The zero-order valence-corrected chi connectivity index (χ0v) is 16.8. The van der Waals surface area contributed by atoms with Crippen LogP contribution in [0.15, 0.2) is 70.9 Å². The van der Waals surface area contributed by atoms with E-state index in [0.29, 0.717) is 16.3 Å². The van der Waals surface area contributed by atoms with E-state index < -0.39 is 29.3 Å². The van der Waals surface area contributed by atoms with Gasteiger partial charge >= 0.3 is 0 Å². The molecule has 2 aromatic carbocycles. The minimum Gasteiger partial charge on any atom is -0.507 e. The monoisotopic (exact) mass is 445 g/mol. The van der Waals surface area contributed by atoms with Crippen molar-refractivity contribution in [2.24, 2.45) is 0 Å². The fourth-order valence-electron chi connectivity index (χ4n) is 3.41. The molecule has 1 amide bonds. The van der Waals surface area contributed by atoms with E-state index in [1.807, 2.05) is 0 Å². The Morgan fingerprint density at radius 2 is 1.80 bits per heavy atom. The highest BCUT2D eigenvalue weighted by atomic mass is 35.5. The Bertz CT molecular complexity index is 1160. The molecule has 1 atom stereocenters. The van der Waals surface area contributed by atoms with Crippen LogP contribution in [0.3, 0.4) is 0 Å². The Hall–Kier alpha value is -3.09. The number of hydrogen-bond acceptors (Lipinski definition) is 4. The Labute approximate surface area is 180 Å². The second-order valence-electron chi connectivity index (χ2n) is 6.69. The van der Waals surface area contributed by atoms with Gasteiger partial charge < -0.3 is 14.4 Å². The summed E-state index contributed by atoms with van der Waals surface area (Å²) in [7, 11) is 0. The SMILES string of the molecule is O=C1C(=O)N(Cc2ccco2)C(c2ccc(Cl)c(Cl)c2)/C1=C(\O)c1ccc(F)cc1. The molecule has 0 aliphatic carbocycles. The van der Waals surface area contributed by atoms with Gasteiger partial charge in [0.2, 0.25) is 0 Å². The van der Waals surface area contributed by atoms with Gasteiger partial charge in [0.25, 0.3) is 11.7 Å². The zero-order valence-electron chi connectivity index (χ0n) is 15.3. The van der Waals surface area contributed by atoms with Crippen molar-refractivity contribution >= 4 is 40.7 Å². The molecule has 30 heavy (non-hydrogen) atoms. The molecule has 0 saturated carbocycles. The van der Waals surface area contributed by atoms with E-state index in [9.17, 15) is 19.1 Å². The summed E-state index contributed by atoms with van der Waals surface area (Å²) in [6.45, 7) is 0.00266. The topological polar surface area (TPSA) is 70.8 Å². The van der Waals surface area contributed by atoms with Crippen molar-refractivity contribution in [3.63, 3.8) is 0 Å². The van der Waals surface area contributed by atoms with Crippen LogP contribution in [0.4, 0.5) is 4.39 Å². The van der Waals surface area contributed by atoms with Crippen molar-refractivity contribution in [1.82, 2.24) is 4.90 Å². The van der Waals surface area contributed by atoms with Gasteiger partial charge in [-0.05, 0) is 54.1 Å². The predicted molar refractivity (Wildman–Crippen MR) is 109 cm³/mol. The molecule has 1 saturated heterocycles. The molecule has 5 nitrogen and oxygen atoms in total. The van der Waals surface area contributed by atoms with Gasteiger partial charge in [0.1, 0.15) is 17.3 Å². The van der Waals surface area contributed by atoms with Crippen molar-refractivity contribution in [3.8, 4) is 0 Å². The smallest absolute Gasteiger partial charge is 0.296 e. The third-order valence-corrected chi connectivity index (χ3v) is 5.56. The summed E-state index contributed by atoms with van der Waals surface area (Å²) in [6.07, 6.45) is 1.46. The van der Waals surface area contributed by atoms with Crippen LogP contribution in [0.5, 0.6) is 0 Å². The number of halogens is 3. The Kier molecular flexibility index (Phi) is 5.37. The van der Waals surface area contributed by atoms with Gasteiger partial charge in [-0.15, -0.1) is 0 Å². The summed E-state index contributed by atoms with van der Waals surface area (Å²) in [4.78, 5) is 27.0. The first-order chi connectivity index (χ1) is 14.4. The molecule has 1 aromatic heterocycles. The van der Waals surface area contributed by atoms with Crippen molar-refractivity contribution in [1.29, 1.82) is 0 Å². The molecule has 1 fully saturated rings. The molecule has 1 aliphatic heterocycles. The molecule has 2 heterocycles. The van der Waals surface area contributed by atoms with Crippen molar-refractivity contribution in [2.75, 3.05) is 0 Å². The van der Waals surface area contributed by atoms with E-state index in [1.54, 1.807) is 24.3 Å². The van der Waals surface area contributed by atoms with Crippen molar-refractivity contribution in [3.05, 3.63) is 99.2 Å². The van der Waals surface area contributed by atoms with Crippen LogP contribution < -0.4 is 0 Å². The quantitative estimate of drug-likeness (QED) is 0.333. The lowest BCUT2D eigenvalue weighted by Crippen LogP contribution is -2.29. The number of amides is 1. The number of likely N-dealkylation sites (tertiary alicyclic amines) is 1. The maximum Gasteiger partial charge on any atom is 0.296 e. The number of Topliss-reactive ketones (excluding diaryl/α,β-unsaturated/α-hetero) is 1. The number of ketones is 1. The molecule has 3 aromatic rings. The molecule has 8 heteroatoms. The summed E-state index contributed by atoms with van der Waals surface area (Å²) >= 11 is 12.2. The van der Waals surface area contributed by atoms with Crippen LogP contribution in [-0.2, 0) is 16.1 Å². The number of carbonyl (C=O) groups is 2. The third-order valence-electron chi connectivity index (χ3n) is 4.82. The van der Waals surface area contributed by atoms with E-state index in [2.05, 4.69) is 0 Å².